The Hall–Kier alpha value is -2.40. The van der Waals surface area contributed by atoms with Gasteiger partial charge in [-0.05, 0) is 42.0 Å². The maximum absolute atomic E-state index is 13.7. The Bertz CT molecular complexity index is 597. The number of rotatable bonds is 3. The van der Waals surface area contributed by atoms with Crippen LogP contribution in [-0.2, 0) is 6.54 Å². The standard InChI is InChI=1S/C14H13FN2O2/c15-12-7-9(8-16)1-6-13(12)17-14(19)10-2-4-11(18)5-3-10/h1-7,18H,8,16H2,(H,17,19). The summed E-state index contributed by atoms with van der Waals surface area (Å²) in [6.07, 6.45) is 0. The maximum atomic E-state index is 13.7. The minimum Gasteiger partial charge on any atom is -0.508 e. The van der Waals surface area contributed by atoms with Gasteiger partial charge < -0.3 is 16.2 Å². The molecular formula is C14H13FN2O2. The summed E-state index contributed by atoms with van der Waals surface area (Å²) < 4.78 is 13.7. The predicted octanol–water partition coefficient (Wildman–Crippen LogP) is 2.24. The summed E-state index contributed by atoms with van der Waals surface area (Å²) in [5.74, 6) is -0.912. The normalized spacial score (nSPS) is 10.2. The van der Waals surface area contributed by atoms with Crippen molar-refractivity contribution in [1.29, 1.82) is 0 Å². The van der Waals surface area contributed by atoms with E-state index in [4.69, 9.17) is 10.8 Å². The van der Waals surface area contributed by atoms with E-state index in [-0.39, 0.29) is 18.0 Å². The molecule has 0 radical (unpaired) electrons. The molecule has 0 aliphatic rings. The molecule has 0 saturated heterocycles. The molecule has 2 rings (SSSR count). The highest BCUT2D eigenvalue weighted by molar-refractivity contribution is 6.04. The van der Waals surface area contributed by atoms with Crippen LogP contribution in [0.3, 0.4) is 0 Å². The molecule has 98 valence electrons. The summed E-state index contributed by atoms with van der Waals surface area (Å²) in [4.78, 5) is 11.8. The maximum Gasteiger partial charge on any atom is 0.255 e. The van der Waals surface area contributed by atoms with E-state index in [9.17, 15) is 9.18 Å². The number of phenols is 1. The van der Waals surface area contributed by atoms with Crippen LogP contribution in [0.15, 0.2) is 42.5 Å². The van der Waals surface area contributed by atoms with E-state index in [1.165, 1.54) is 36.4 Å². The second kappa shape index (κ2) is 5.49. The van der Waals surface area contributed by atoms with Gasteiger partial charge in [0.2, 0.25) is 0 Å². The van der Waals surface area contributed by atoms with Gasteiger partial charge in [-0.15, -0.1) is 0 Å². The van der Waals surface area contributed by atoms with Crippen molar-refractivity contribution < 1.29 is 14.3 Å². The van der Waals surface area contributed by atoms with Crippen molar-refractivity contribution in [3.05, 3.63) is 59.4 Å². The van der Waals surface area contributed by atoms with Crippen molar-refractivity contribution in [3.63, 3.8) is 0 Å². The zero-order chi connectivity index (χ0) is 13.8. The van der Waals surface area contributed by atoms with Crippen LogP contribution < -0.4 is 11.1 Å². The van der Waals surface area contributed by atoms with E-state index in [0.29, 0.717) is 11.1 Å². The Labute approximate surface area is 109 Å². The summed E-state index contributed by atoms with van der Waals surface area (Å²) in [6.45, 7) is 0.239. The quantitative estimate of drug-likeness (QED) is 0.792. The second-order valence-corrected chi connectivity index (χ2v) is 4.02. The molecule has 0 aliphatic carbocycles. The summed E-state index contributed by atoms with van der Waals surface area (Å²) in [6, 6.07) is 10.1. The van der Waals surface area contributed by atoms with Crippen LogP contribution in [0.4, 0.5) is 10.1 Å². The number of phenolic OH excluding ortho intramolecular Hbond substituents is 1. The average molecular weight is 260 g/mol. The van der Waals surface area contributed by atoms with Gasteiger partial charge in [-0.1, -0.05) is 6.07 Å². The van der Waals surface area contributed by atoms with Crippen LogP contribution >= 0.6 is 0 Å². The largest absolute Gasteiger partial charge is 0.508 e. The molecule has 0 aliphatic heterocycles. The first kappa shape index (κ1) is 13.0. The van der Waals surface area contributed by atoms with Crippen LogP contribution in [0.5, 0.6) is 5.75 Å². The van der Waals surface area contributed by atoms with Crippen LogP contribution in [-0.4, -0.2) is 11.0 Å². The van der Waals surface area contributed by atoms with Crippen molar-refractivity contribution in [2.24, 2.45) is 5.73 Å². The predicted molar refractivity (Wildman–Crippen MR) is 70.4 cm³/mol. The molecule has 2 aromatic carbocycles. The molecular weight excluding hydrogens is 247 g/mol. The van der Waals surface area contributed by atoms with E-state index >= 15 is 0 Å². The van der Waals surface area contributed by atoms with Gasteiger partial charge in [-0.3, -0.25) is 4.79 Å². The van der Waals surface area contributed by atoms with Crippen molar-refractivity contribution in [3.8, 4) is 5.75 Å². The first-order valence-corrected chi connectivity index (χ1v) is 5.69. The molecule has 5 heteroatoms. The minimum absolute atomic E-state index is 0.0648. The lowest BCUT2D eigenvalue weighted by Gasteiger charge is -2.07. The van der Waals surface area contributed by atoms with E-state index < -0.39 is 11.7 Å². The number of carbonyl (C=O) groups is 1. The molecule has 4 nitrogen and oxygen atoms in total. The zero-order valence-electron chi connectivity index (χ0n) is 10.1. The third kappa shape index (κ3) is 3.08. The molecule has 2 aromatic rings. The minimum atomic E-state index is -0.532. The van der Waals surface area contributed by atoms with Gasteiger partial charge in [-0.25, -0.2) is 4.39 Å². The Morgan fingerprint density at radius 2 is 1.89 bits per heavy atom. The first-order chi connectivity index (χ1) is 9.10. The molecule has 4 N–H and O–H groups in total. The molecule has 0 bridgehead atoms. The molecule has 0 unspecified atom stereocenters. The fraction of sp³-hybridized carbons (Fsp3) is 0.0714. The lowest BCUT2D eigenvalue weighted by Crippen LogP contribution is -2.13. The van der Waals surface area contributed by atoms with E-state index in [1.54, 1.807) is 6.07 Å². The van der Waals surface area contributed by atoms with Gasteiger partial charge >= 0.3 is 0 Å². The van der Waals surface area contributed by atoms with Gasteiger partial charge in [-0.2, -0.15) is 0 Å². The summed E-state index contributed by atoms with van der Waals surface area (Å²) in [7, 11) is 0. The van der Waals surface area contributed by atoms with Crippen LogP contribution in [0.1, 0.15) is 15.9 Å². The van der Waals surface area contributed by atoms with Crippen molar-refractivity contribution in [2.45, 2.75) is 6.54 Å². The molecule has 0 heterocycles. The monoisotopic (exact) mass is 260 g/mol. The number of nitrogens with one attached hydrogen (secondary N) is 1. The number of benzene rings is 2. The van der Waals surface area contributed by atoms with Crippen molar-refractivity contribution >= 4 is 11.6 Å². The SMILES string of the molecule is NCc1ccc(NC(=O)c2ccc(O)cc2)c(F)c1. The Morgan fingerprint density at radius 1 is 1.21 bits per heavy atom. The summed E-state index contributed by atoms with van der Waals surface area (Å²) in [5, 5.41) is 11.6. The molecule has 0 atom stereocenters. The molecule has 0 fully saturated rings. The van der Waals surface area contributed by atoms with Crippen LogP contribution in [0, 0.1) is 5.82 Å². The number of anilines is 1. The average Bonchev–Trinajstić information content (AvgIpc) is 2.41. The van der Waals surface area contributed by atoms with Crippen molar-refractivity contribution in [1.82, 2.24) is 0 Å². The summed E-state index contributed by atoms with van der Waals surface area (Å²) >= 11 is 0. The van der Waals surface area contributed by atoms with Crippen LogP contribution in [0.2, 0.25) is 0 Å². The zero-order valence-corrected chi connectivity index (χ0v) is 10.1. The highest BCUT2D eigenvalue weighted by Gasteiger charge is 2.09. The summed E-state index contributed by atoms with van der Waals surface area (Å²) in [5.41, 5.74) is 6.48. The lowest BCUT2D eigenvalue weighted by molar-refractivity contribution is 0.102. The number of nitrogens with two attached hydrogens (primary N) is 1. The van der Waals surface area contributed by atoms with Gasteiger partial charge in [0.05, 0.1) is 5.69 Å². The van der Waals surface area contributed by atoms with Gasteiger partial charge in [0.15, 0.2) is 0 Å². The number of hydrogen-bond donors (Lipinski definition) is 3. The van der Waals surface area contributed by atoms with E-state index in [0.717, 1.165) is 0 Å². The second-order valence-electron chi connectivity index (χ2n) is 4.02. The van der Waals surface area contributed by atoms with E-state index in [1.807, 2.05) is 0 Å². The number of halogens is 1. The van der Waals surface area contributed by atoms with Crippen molar-refractivity contribution in [2.75, 3.05) is 5.32 Å². The van der Waals surface area contributed by atoms with Gasteiger partial charge in [0.25, 0.3) is 5.91 Å². The smallest absolute Gasteiger partial charge is 0.255 e. The fourth-order valence-electron chi connectivity index (χ4n) is 1.59. The number of carbonyl (C=O) groups excluding carboxylic acids is 1. The van der Waals surface area contributed by atoms with Gasteiger partial charge in [0, 0.05) is 12.1 Å². The fourth-order valence-corrected chi connectivity index (χ4v) is 1.59. The van der Waals surface area contributed by atoms with Crippen LogP contribution in [0.25, 0.3) is 0 Å². The number of aromatic hydroxyl groups is 1. The third-order valence-electron chi connectivity index (χ3n) is 2.65. The highest BCUT2D eigenvalue weighted by atomic mass is 19.1. The molecule has 0 aromatic heterocycles. The Kier molecular flexibility index (Phi) is 3.77. The molecule has 19 heavy (non-hydrogen) atoms. The lowest BCUT2D eigenvalue weighted by atomic mass is 10.1. The molecule has 0 saturated carbocycles. The number of hydrogen-bond acceptors (Lipinski definition) is 3. The Balaban J connectivity index is 2.17. The van der Waals surface area contributed by atoms with E-state index in [2.05, 4.69) is 5.32 Å². The highest BCUT2D eigenvalue weighted by Crippen LogP contribution is 2.17. The topological polar surface area (TPSA) is 75.3 Å². The Morgan fingerprint density at radius 3 is 2.47 bits per heavy atom. The number of amides is 1. The third-order valence-corrected chi connectivity index (χ3v) is 2.65. The van der Waals surface area contributed by atoms with Gasteiger partial charge in [0.1, 0.15) is 11.6 Å². The first-order valence-electron chi connectivity index (χ1n) is 5.69. The molecule has 0 spiro atoms. The molecule has 1 amide bonds.